The quantitative estimate of drug-likeness (QED) is 0.0679. The van der Waals surface area contributed by atoms with Crippen LogP contribution in [0.3, 0.4) is 0 Å². The Morgan fingerprint density at radius 2 is 1.77 bits per heavy atom. The average molecular weight is 870 g/mol. The molecule has 1 fully saturated rings. The number of rotatable bonds is 15. The van der Waals surface area contributed by atoms with Gasteiger partial charge in [-0.2, -0.15) is 23.3 Å². The van der Waals surface area contributed by atoms with Crippen LogP contribution in [0.5, 0.6) is 17.4 Å². The van der Waals surface area contributed by atoms with Crippen LogP contribution in [0.1, 0.15) is 68.7 Å². The summed E-state index contributed by atoms with van der Waals surface area (Å²) in [6, 6.07) is 24.7. The molecule has 326 valence electrons. The van der Waals surface area contributed by atoms with E-state index in [1.807, 2.05) is 68.4 Å². The van der Waals surface area contributed by atoms with E-state index in [2.05, 4.69) is 25.9 Å². The number of carbonyl (C=O) groups is 1. The number of nitrogens with zero attached hydrogens (tertiary/aromatic N) is 4. The minimum absolute atomic E-state index is 0.0185. The van der Waals surface area contributed by atoms with Gasteiger partial charge in [0.1, 0.15) is 17.3 Å². The molecule has 7 rings (SSSR count). The Labute approximate surface area is 359 Å². The second-order valence-corrected chi connectivity index (χ2v) is 19.7. The molecule has 0 saturated carbocycles. The summed E-state index contributed by atoms with van der Waals surface area (Å²) in [5, 5.41) is 14.9. The molecule has 0 radical (unpaired) electrons. The van der Waals surface area contributed by atoms with E-state index in [9.17, 15) is 22.5 Å². The van der Waals surface area contributed by atoms with Crippen molar-refractivity contribution in [3.05, 3.63) is 114 Å². The number of alkyl halides is 3. The maximum absolute atomic E-state index is 14.0. The van der Waals surface area contributed by atoms with E-state index in [-0.39, 0.29) is 35.8 Å². The van der Waals surface area contributed by atoms with Crippen LogP contribution in [0.2, 0.25) is 0 Å². The molecule has 6 aromatic rings. The van der Waals surface area contributed by atoms with E-state index < -0.39 is 24.9 Å². The normalized spacial score (nSPS) is 14.7. The summed E-state index contributed by atoms with van der Waals surface area (Å²) < 4.78 is 73.7. The summed E-state index contributed by atoms with van der Waals surface area (Å²) in [5.41, 5.74) is 2.17. The lowest BCUT2D eigenvalue weighted by Crippen LogP contribution is -2.21. The summed E-state index contributed by atoms with van der Waals surface area (Å²) in [4.78, 5) is 22.3. The smallest absolute Gasteiger partial charge is 0.416 e. The van der Waals surface area contributed by atoms with Gasteiger partial charge in [0.2, 0.25) is 11.8 Å². The van der Waals surface area contributed by atoms with Crippen LogP contribution in [0.15, 0.2) is 97.2 Å². The first-order valence-electron chi connectivity index (χ1n) is 20.7. The number of hydrogen-bond donors (Lipinski definition) is 3. The molecule has 1 aliphatic rings. The number of nitrogens with one attached hydrogen (secondary N) is 3. The van der Waals surface area contributed by atoms with Gasteiger partial charge >= 0.3 is 12.2 Å². The Morgan fingerprint density at radius 1 is 0.952 bits per heavy atom. The number of ether oxygens (including phenoxy) is 3. The van der Waals surface area contributed by atoms with Crippen LogP contribution < -0.4 is 25.4 Å². The molecule has 3 heterocycles. The van der Waals surface area contributed by atoms with Gasteiger partial charge in [-0.3, -0.25) is 5.32 Å². The Balaban J connectivity index is 1.05. The molecule has 0 bridgehead atoms. The summed E-state index contributed by atoms with van der Waals surface area (Å²) in [7, 11) is -2.32. The number of aromatic nitrogens is 4. The van der Waals surface area contributed by atoms with Crippen molar-refractivity contribution >= 4 is 47.1 Å². The minimum Gasteiger partial charge on any atom is -0.494 e. The molecular formula is C46H51F3N7O5P. The lowest BCUT2D eigenvalue weighted by atomic mass is 9.96. The van der Waals surface area contributed by atoms with Gasteiger partial charge in [-0.15, -0.1) is 0 Å². The van der Waals surface area contributed by atoms with Gasteiger partial charge in [0.15, 0.2) is 0 Å². The van der Waals surface area contributed by atoms with Crippen LogP contribution in [0.4, 0.5) is 41.1 Å². The SMILES string of the molecule is CC(C)c1cc(NC(=O)Nc2ccc(Oc3ccnc(Nc4cc(OCCCC5CCCOCC5)cc(C(F)(F)F)c4)n3)c3ccccc23)n(-c2cccc(CP(C)(C)=O)c2)n1. The maximum atomic E-state index is 14.0. The molecule has 2 amide bonds. The highest BCUT2D eigenvalue weighted by Crippen LogP contribution is 2.41. The Bertz CT molecular complexity index is 2550. The molecule has 1 atom stereocenters. The molecule has 1 saturated heterocycles. The van der Waals surface area contributed by atoms with Gasteiger partial charge in [0.25, 0.3) is 0 Å². The second-order valence-electron chi connectivity index (χ2n) is 16.2. The van der Waals surface area contributed by atoms with E-state index in [0.29, 0.717) is 40.1 Å². The Kier molecular flexibility index (Phi) is 13.8. The number of halogens is 3. The van der Waals surface area contributed by atoms with Crippen molar-refractivity contribution in [3.8, 4) is 23.1 Å². The molecule has 0 spiro atoms. The standard InChI is InChI=1S/C46H51F3N7O5P/c1-30(2)40-28-42(56(55-40)35-13-7-10-32(24-35)29-62(3,4)58)53-45(57)52-39-16-17-41(38-15-6-5-14-37(38)39)61-43-18-20-50-44(54-43)51-34-25-33(46(47,48)49)26-36(27-34)60-22-9-12-31-11-8-21-59-23-19-31/h5-7,10,13-18,20,24-28,30-31H,8-9,11-12,19,21-23,29H2,1-4H3,(H,50,51,54)(H2,52,53,57). The van der Waals surface area contributed by atoms with Crippen molar-refractivity contribution in [1.82, 2.24) is 19.7 Å². The van der Waals surface area contributed by atoms with Gasteiger partial charge in [0.05, 0.1) is 36.4 Å². The molecule has 2 aromatic heterocycles. The Morgan fingerprint density at radius 3 is 2.56 bits per heavy atom. The highest BCUT2D eigenvalue weighted by Gasteiger charge is 2.32. The van der Waals surface area contributed by atoms with Gasteiger partial charge in [-0.1, -0.05) is 50.2 Å². The van der Waals surface area contributed by atoms with E-state index >= 15 is 0 Å². The fourth-order valence-electron chi connectivity index (χ4n) is 7.37. The number of hydrogen-bond acceptors (Lipinski definition) is 9. The molecule has 4 aromatic carbocycles. The van der Waals surface area contributed by atoms with E-state index in [4.69, 9.17) is 19.3 Å². The average Bonchev–Trinajstić information content (AvgIpc) is 3.46. The number of amides is 2. The molecule has 0 aliphatic carbocycles. The zero-order valence-corrected chi connectivity index (χ0v) is 36.1. The van der Waals surface area contributed by atoms with E-state index in [1.54, 1.807) is 30.1 Å². The number of fused-ring (bicyclic) bond motifs is 1. The molecule has 62 heavy (non-hydrogen) atoms. The van der Waals surface area contributed by atoms with Crippen molar-refractivity contribution in [3.63, 3.8) is 0 Å². The molecule has 16 heteroatoms. The van der Waals surface area contributed by atoms with Gasteiger partial charge in [0, 0.05) is 60.2 Å². The molecule has 3 N–H and O–H groups in total. The second kappa shape index (κ2) is 19.4. The third kappa shape index (κ3) is 11.9. The van der Waals surface area contributed by atoms with Crippen molar-refractivity contribution in [2.24, 2.45) is 5.92 Å². The predicted molar refractivity (Wildman–Crippen MR) is 237 cm³/mol. The molecular weight excluding hydrogens is 819 g/mol. The number of benzene rings is 4. The van der Waals surface area contributed by atoms with E-state index in [1.165, 1.54) is 18.3 Å². The monoisotopic (exact) mass is 869 g/mol. The molecule has 1 aliphatic heterocycles. The summed E-state index contributed by atoms with van der Waals surface area (Å²) in [6.07, 6.45) is 2.00. The fraction of sp³-hybridized carbons (Fsp3) is 0.348. The first-order valence-corrected chi connectivity index (χ1v) is 23.5. The number of carbonyl (C=O) groups excluding carboxylic acids is 1. The van der Waals surface area contributed by atoms with Gasteiger partial charge in [-0.05, 0) is 99.2 Å². The first-order chi connectivity index (χ1) is 29.7. The fourth-order valence-corrected chi connectivity index (χ4v) is 8.45. The first kappa shape index (κ1) is 44.1. The summed E-state index contributed by atoms with van der Waals surface area (Å²) in [6.45, 7) is 9.34. The molecule has 12 nitrogen and oxygen atoms in total. The zero-order chi connectivity index (χ0) is 43.9. The number of urea groups is 1. The van der Waals surface area contributed by atoms with Crippen molar-refractivity contribution in [2.45, 2.75) is 64.2 Å². The summed E-state index contributed by atoms with van der Waals surface area (Å²) in [5.74, 6) is 1.74. The third-order valence-electron chi connectivity index (χ3n) is 10.3. The van der Waals surface area contributed by atoms with E-state index in [0.717, 1.165) is 74.4 Å². The third-order valence-corrected chi connectivity index (χ3v) is 11.5. The highest BCUT2D eigenvalue weighted by atomic mass is 31.2. The van der Waals surface area contributed by atoms with Gasteiger partial charge < -0.3 is 29.4 Å². The zero-order valence-electron chi connectivity index (χ0n) is 35.2. The van der Waals surface area contributed by atoms with Crippen LogP contribution >= 0.6 is 7.14 Å². The van der Waals surface area contributed by atoms with Gasteiger partial charge in [-0.25, -0.2) is 14.5 Å². The lowest BCUT2D eigenvalue weighted by Gasteiger charge is -2.16. The predicted octanol–water partition coefficient (Wildman–Crippen LogP) is 12.2. The topological polar surface area (TPSA) is 142 Å². The lowest BCUT2D eigenvalue weighted by molar-refractivity contribution is -0.137. The summed E-state index contributed by atoms with van der Waals surface area (Å²) >= 11 is 0. The van der Waals surface area contributed by atoms with Crippen molar-refractivity contribution in [1.29, 1.82) is 0 Å². The van der Waals surface area contributed by atoms with Crippen molar-refractivity contribution < 1.29 is 36.7 Å². The van der Waals surface area contributed by atoms with Crippen molar-refractivity contribution in [2.75, 3.05) is 49.1 Å². The van der Waals surface area contributed by atoms with Crippen LogP contribution in [0, 0.1) is 5.92 Å². The number of anilines is 4. The highest BCUT2D eigenvalue weighted by molar-refractivity contribution is 7.61. The van der Waals surface area contributed by atoms with Crippen LogP contribution in [0.25, 0.3) is 16.5 Å². The van der Waals surface area contributed by atoms with Crippen LogP contribution in [-0.2, 0) is 21.6 Å². The molecule has 1 unspecified atom stereocenters. The maximum Gasteiger partial charge on any atom is 0.416 e. The Hall–Kier alpha value is -5.92. The van der Waals surface area contributed by atoms with Crippen LogP contribution in [-0.4, -0.2) is 58.9 Å². The minimum atomic E-state index is -4.60. The largest absolute Gasteiger partial charge is 0.494 e.